The number of thiazole rings is 1. The molecule has 114 valence electrons. The van der Waals surface area contributed by atoms with E-state index in [1.54, 1.807) is 16.4 Å². The maximum absolute atomic E-state index is 12.1. The molecule has 1 fully saturated rings. The minimum absolute atomic E-state index is 0.184. The van der Waals surface area contributed by atoms with Gasteiger partial charge in [0.1, 0.15) is 4.90 Å². The predicted octanol–water partition coefficient (Wildman–Crippen LogP) is 0.570. The maximum atomic E-state index is 12.1. The monoisotopic (exact) mass is 327 g/mol. The van der Waals surface area contributed by atoms with Crippen LogP contribution in [0, 0.1) is 0 Å². The van der Waals surface area contributed by atoms with E-state index in [-0.39, 0.29) is 11.4 Å². The number of nitrogens with one attached hydrogen (secondary N) is 2. The molecule has 0 bridgehead atoms. The Morgan fingerprint density at radius 3 is 3.00 bits per heavy atom. The van der Waals surface area contributed by atoms with Gasteiger partial charge in [-0.15, -0.1) is 11.3 Å². The molecule has 7 nitrogen and oxygen atoms in total. The van der Waals surface area contributed by atoms with Crippen molar-refractivity contribution in [1.82, 2.24) is 24.8 Å². The lowest BCUT2D eigenvalue weighted by atomic mass is 10.5. The maximum Gasteiger partial charge on any atom is 0.244 e. The molecule has 2 N–H and O–H groups in total. The second-order valence-electron chi connectivity index (χ2n) is 4.97. The second kappa shape index (κ2) is 6.22. The fourth-order valence-electron chi connectivity index (χ4n) is 1.85. The molecule has 0 radical (unpaired) electrons. The standard InChI is InChI=1S/C12H17N5O2S2/c18-21(19,16-5-11-8-20-9-14-11)12-6-15-17(7-12)4-3-13-10-1-2-10/h6-10,13,16H,1-5H2. The lowest BCUT2D eigenvalue weighted by Gasteiger charge is -2.03. The van der Waals surface area contributed by atoms with Crippen molar-refractivity contribution >= 4 is 21.4 Å². The summed E-state index contributed by atoms with van der Waals surface area (Å²) in [4.78, 5) is 4.23. The zero-order valence-corrected chi connectivity index (χ0v) is 13.0. The van der Waals surface area contributed by atoms with Gasteiger partial charge in [-0.2, -0.15) is 5.10 Å². The van der Waals surface area contributed by atoms with E-state index in [0.29, 0.717) is 18.3 Å². The number of hydrogen-bond donors (Lipinski definition) is 2. The Morgan fingerprint density at radius 1 is 1.43 bits per heavy atom. The van der Waals surface area contributed by atoms with Crippen LogP contribution in [0.2, 0.25) is 0 Å². The van der Waals surface area contributed by atoms with Gasteiger partial charge in [0.2, 0.25) is 10.0 Å². The number of hydrogen-bond acceptors (Lipinski definition) is 6. The Bertz CT molecular complexity index is 676. The summed E-state index contributed by atoms with van der Waals surface area (Å²) in [5, 5.41) is 9.27. The van der Waals surface area contributed by atoms with Gasteiger partial charge in [0.05, 0.1) is 30.5 Å². The van der Waals surface area contributed by atoms with Gasteiger partial charge >= 0.3 is 0 Å². The van der Waals surface area contributed by atoms with Crippen LogP contribution >= 0.6 is 11.3 Å². The molecule has 0 aliphatic heterocycles. The van der Waals surface area contributed by atoms with Crippen molar-refractivity contribution in [1.29, 1.82) is 0 Å². The van der Waals surface area contributed by atoms with Crippen molar-refractivity contribution in [2.45, 2.75) is 36.9 Å². The summed E-state index contributed by atoms with van der Waals surface area (Å²) in [7, 11) is -3.53. The molecule has 2 aromatic heterocycles. The Kier molecular flexibility index (Phi) is 4.34. The Balaban J connectivity index is 1.55. The minimum Gasteiger partial charge on any atom is -0.312 e. The summed E-state index contributed by atoms with van der Waals surface area (Å²) in [5.74, 6) is 0. The molecule has 0 aromatic carbocycles. The summed E-state index contributed by atoms with van der Waals surface area (Å²) in [6.45, 7) is 1.66. The quantitative estimate of drug-likeness (QED) is 0.740. The van der Waals surface area contributed by atoms with E-state index in [4.69, 9.17) is 0 Å². The first-order valence-corrected chi connectivity index (χ1v) is 9.19. The summed E-state index contributed by atoms with van der Waals surface area (Å²) >= 11 is 1.44. The van der Waals surface area contributed by atoms with E-state index in [9.17, 15) is 8.42 Å². The molecule has 21 heavy (non-hydrogen) atoms. The molecule has 0 unspecified atom stereocenters. The molecule has 2 heterocycles. The third-order valence-corrected chi connectivity index (χ3v) is 5.19. The van der Waals surface area contributed by atoms with Gasteiger partial charge < -0.3 is 5.32 Å². The van der Waals surface area contributed by atoms with Crippen LogP contribution in [-0.4, -0.2) is 35.8 Å². The van der Waals surface area contributed by atoms with Crippen molar-refractivity contribution < 1.29 is 8.42 Å². The van der Waals surface area contributed by atoms with Crippen molar-refractivity contribution in [3.05, 3.63) is 29.0 Å². The largest absolute Gasteiger partial charge is 0.312 e. The number of aromatic nitrogens is 3. The molecule has 2 aromatic rings. The van der Waals surface area contributed by atoms with Crippen molar-refractivity contribution in [3.8, 4) is 0 Å². The Hall–Kier alpha value is -1.29. The van der Waals surface area contributed by atoms with Crippen LogP contribution in [0.1, 0.15) is 18.5 Å². The minimum atomic E-state index is -3.53. The fraction of sp³-hybridized carbons (Fsp3) is 0.500. The average molecular weight is 327 g/mol. The molecular weight excluding hydrogens is 310 g/mol. The van der Waals surface area contributed by atoms with Gasteiger partial charge in [-0.05, 0) is 12.8 Å². The first-order chi connectivity index (χ1) is 10.1. The third kappa shape index (κ3) is 4.10. The van der Waals surface area contributed by atoms with E-state index in [0.717, 1.165) is 6.54 Å². The van der Waals surface area contributed by atoms with Crippen LogP contribution in [-0.2, 0) is 23.1 Å². The highest BCUT2D eigenvalue weighted by Crippen LogP contribution is 2.18. The summed E-state index contributed by atoms with van der Waals surface area (Å²) in [5.41, 5.74) is 2.39. The topological polar surface area (TPSA) is 88.9 Å². The van der Waals surface area contributed by atoms with Gasteiger partial charge in [0, 0.05) is 24.2 Å². The van der Waals surface area contributed by atoms with E-state index in [1.165, 1.54) is 30.4 Å². The predicted molar refractivity (Wildman–Crippen MR) is 79.4 cm³/mol. The Morgan fingerprint density at radius 2 is 2.29 bits per heavy atom. The van der Waals surface area contributed by atoms with Gasteiger partial charge in [0.15, 0.2) is 0 Å². The lowest BCUT2D eigenvalue weighted by molar-refractivity contribution is 0.551. The van der Waals surface area contributed by atoms with Crippen LogP contribution in [0.25, 0.3) is 0 Å². The van der Waals surface area contributed by atoms with Crippen LogP contribution in [0.3, 0.4) is 0 Å². The third-order valence-electron chi connectivity index (χ3n) is 3.20. The summed E-state index contributed by atoms with van der Waals surface area (Å²) in [6, 6.07) is 0.642. The SMILES string of the molecule is O=S(=O)(NCc1cscn1)c1cnn(CCNC2CC2)c1. The highest BCUT2D eigenvalue weighted by Gasteiger charge is 2.20. The second-order valence-corrected chi connectivity index (χ2v) is 7.46. The van der Waals surface area contributed by atoms with Crippen LogP contribution < -0.4 is 10.0 Å². The molecule has 9 heteroatoms. The van der Waals surface area contributed by atoms with E-state index in [2.05, 4.69) is 20.1 Å². The molecule has 0 amide bonds. The first kappa shape index (κ1) is 14.6. The molecular formula is C12H17N5O2S2. The molecule has 0 spiro atoms. The van der Waals surface area contributed by atoms with Gasteiger partial charge in [-0.25, -0.2) is 18.1 Å². The van der Waals surface area contributed by atoms with E-state index in [1.807, 2.05) is 5.38 Å². The zero-order chi connectivity index (χ0) is 14.7. The van der Waals surface area contributed by atoms with Crippen LogP contribution in [0.15, 0.2) is 28.2 Å². The number of nitrogens with zero attached hydrogens (tertiary/aromatic N) is 3. The summed E-state index contributed by atoms with van der Waals surface area (Å²) < 4.78 is 28.4. The fourth-order valence-corrected chi connectivity index (χ4v) is 3.36. The molecule has 0 saturated heterocycles. The molecule has 0 atom stereocenters. The summed E-state index contributed by atoms with van der Waals surface area (Å²) in [6.07, 6.45) is 5.40. The van der Waals surface area contributed by atoms with Crippen molar-refractivity contribution in [3.63, 3.8) is 0 Å². The Labute approximate surface area is 127 Å². The van der Waals surface area contributed by atoms with Crippen molar-refractivity contribution in [2.24, 2.45) is 0 Å². The molecule has 1 aliphatic carbocycles. The normalized spacial score (nSPS) is 15.4. The molecule has 3 rings (SSSR count). The average Bonchev–Trinajstić information content (AvgIpc) is 2.94. The van der Waals surface area contributed by atoms with Gasteiger partial charge in [-0.3, -0.25) is 4.68 Å². The van der Waals surface area contributed by atoms with Crippen LogP contribution in [0.5, 0.6) is 0 Å². The number of rotatable bonds is 8. The lowest BCUT2D eigenvalue weighted by Crippen LogP contribution is -2.23. The van der Waals surface area contributed by atoms with Gasteiger partial charge in [0.25, 0.3) is 0 Å². The highest BCUT2D eigenvalue weighted by atomic mass is 32.2. The van der Waals surface area contributed by atoms with E-state index >= 15 is 0 Å². The van der Waals surface area contributed by atoms with Gasteiger partial charge in [-0.1, -0.05) is 0 Å². The highest BCUT2D eigenvalue weighted by molar-refractivity contribution is 7.89. The van der Waals surface area contributed by atoms with Crippen molar-refractivity contribution in [2.75, 3.05) is 6.54 Å². The van der Waals surface area contributed by atoms with Crippen LogP contribution in [0.4, 0.5) is 0 Å². The van der Waals surface area contributed by atoms with E-state index < -0.39 is 10.0 Å². The smallest absolute Gasteiger partial charge is 0.244 e. The molecule has 1 aliphatic rings. The number of sulfonamides is 1. The molecule has 1 saturated carbocycles. The zero-order valence-electron chi connectivity index (χ0n) is 11.4. The first-order valence-electron chi connectivity index (χ1n) is 6.76.